The zero-order valence-corrected chi connectivity index (χ0v) is 23.9. The van der Waals surface area contributed by atoms with Gasteiger partial charge in [-0.15, -0.1) is 0 Å². The summed E-state index contributed by atoms with van der Waals surface area (Å²) < 4.78 is 44.9. The van der Waals surface area contributed by atoms with Gasteiger partial charge in [-0.25, -0.2) is 14.2 Å². The fourth-order valence-corrected chi connectivity index (χ4v) is 5.70. The van der Waals surface area contributed by atoms with Crippen LogP contribution in [0.2, 0.25) is 0 Å². The maximum absolute atomic E-state index is 14.9. The van der Waals surface area contributed by atoms with Crippen LogP contribution in [0.1, 0.15) is 20.8 Å². The number of amides is 1. The molecule has 2 heterocycles. The first-order valence-corrected chi connectivity index (χ1v) is 14.3. The van der Waals surface area contributed by atoms with E-state index in [0.717, 1.165) is 9.32 Å². The van der Waals surface area contributed by atoms with E-state index in [2.05, 4.69) is 4.98 Å². The molecule has 0 unspecified atom stereocenters. The van der Waals surface area contributed by atoms with Crippen molar-refractivity contribution < 1.29 is 54.1 Å². The van der Waals surface area contributed by atoms with Crippen LogP contribution in [0.3, 0.4) is 0 Å². The molecular weight excluding hydrogens is 606 g/mol. The molecule has 202 valence electrons. The van der Waals surface area contributed by atoms with Crippen LogP contribution in [0.4, 0.5) is 9.18 Å². The molecule has 38 heavy (non-hydrogen) atoms. The monoisotopic (exact) mass is 637 g/mol. The van der Waals surface area contributed by atoms with E-state index in [1.165, 1.54) is 6.07 Å². The van der Waals surface area contributed by atoms with Crippen molar-refractivity contribution >= 4 is 6.09 Å². The maximum Gasteiger partial charge on any atom is 0.410 e. The lowest BCUT2D eigenvalue weighted by Gasteiger charge is -2.34. The summed E-state index contributed by atoms with van der Waals surface area (Å²) in [5.74, 6) is 1.36. The highest BCUT2D eigenvalue weighted by atomic mass is 127. The Balaban J connectivity index is 1.36. The Hall–Kier alpha value is -3.12. The second-order valence-corrected chi connectivity index (χ2v) is 12.4. The lowest BCUT2D eigenvalue weighted by molar-refractivity contribution is -0.600. The number of ether oxygens (including phenoxy) is 5. The Morgan fingerprint density at radius 3 is 2.63 bits per heavy atom. The molecule has 0 aliphatic carbocycles. The SMILES string of the molecule is COc1ccc([I+]c2ccc(Oc3ncccc3OC[C@@H]3CN(C(=O)OC(C)(C)C)CCO3)cc2F)cc1. The molecule has 2 aromatic carbocycles. The van der Waals surface area contributed by atoms with Crippen molar-refractivity contribution in [3.63, 3.8) is 0 Å². The molecule has 0 N–H and O–H groups in total. The van der Waals surface area contributed by atoms with Crippen molar-refractivity contribution in [2.75, 3.05) is 33.4 Å². The normalized spacial score (nSPS) is 15.6. The van der Waals surface area contributed by atoms with Crippen molar-refractivity contribution in [1.29, 1.82) is 0 Å². The zero-order valence-electron chi connectivity index (χ0n) is 21.8. The van der Waals surface area contributed by atoms with E-state index < -0.39 is 26.8 Å². The van der Waals surface area contributed by atoms with Gasteiger partial charge in [0.1, 0.15) is 29.8 Å². The van der Waals surface area contributed by atoms with E-state index in [1.807, 2.05) is 45.0 Å². The number of nitrogens with zero attached hydrogens (tertiary/aromatic N) is 2. The molecule has 1 aromatic heterocycles. The van der Waals surface area contributed by atoms with Gasteiger partial charge in [-0.1, -0.05) is 0 Å². The minimum absolute atomic E-state index is 0.181. The number of carbonyl (C=O) groups excluding carboxylic acids is 1. The number of hydrogen-bond donors (Lipinski definition) is 0. The van der Waals surface area contributed by atoms with E-state index in [0.29, 0.717) is 34.8 Å². The highest BCUT2D eigenvalue weighted by Gasteiger charge is 2.29. The van der Waals surface area contributed by atoms with Crippen LogP contribution >= 0.6 is 0 Å². The first-order chi connectivity index (χ1) is 18.2. The van der Waals surface area contributed by atoms with Gasteiger partial charge in [-0.3, -0.25) is 0 Å². The second kappa shape index (κ2) is 12.6. The van der Waals surface area contributed by atoms with Gasteiger partial charge in [0.2, 0.25) is 3.57 Å². The number of morpholine rings is 1. The van der Waals surface area contributed by atoms with Crippen molar-refractivity contribution in [3.05, 3.63) is 73.8 Å². The van der Waals surface area contributed by atoms with Gasteiger partial charge in [0.25, 0.3) is 5.88 Å². The zero-order chi connectivity index (χ0) is 27.1. The Labute approximate surface area is 232 Å². The Bertz CT molecular complexity index is 1230. The van der Waals surface area contributed by atoms with Gasteiger partial charge >= 0.3 is 27.3 Å². The van der Waals surface area contributed by atoms with Crippen LogP contribution in [0, 0.1) is 13.0 Å². The van der Waals surface area contributed by atoms with E-state index >= 15 is 0 Å². The molecule has 10 heteroatoms. The molecule has 3 aromatic rings. The van der Waals surface area contributed by atoms with Crippen molar-refractivity contribution in [2.24, 2.45) is 0 Å². The van der Waals surface area contributed by atoms with E-state index in [9.17, 15) is 9.18 Å². The number of benzene rings is 2. The molecule has 8 nitrogen and oxygen atoms in total. The molecule has 1 saturated heterocycles. The first-order valence-electron chi connectivity index (χ1n) is 12.1. The molecular formula is C28H31FIN2O6+. The minimum Gasteiger partial charge on any atom is -0.497 e. The summed E-state index contributed by atoms with van der Waals surface area (Å²) in [4.78, 5) is 18.3. The number of aromatic nitrogens is 1. The van der Waals surface area contributed by atoms with Gasteiger partial charge in [-0.05, 0) is 69.3 Å². The third-order valence-electron chi connectivity index (χ3n) is 5.32. The lowest BCUT2D eigenvalue weighted by Crippen LogP contribution is -3.61. The molecule has 0 saturated carbocycles. The highest BCUT2D eigenvalue weighted by Crippen LogP contribution is 2.29. The lowest BCUT2D eigenvalue weighted by atomic mass is 10.2. The van der Waals surface area contributed by atoms with Crippen LogP contribution in [0.15, 0.2) is 60.8 Å². The smallest absolute Gasteiger partial charge is 0.410 e. The standard InChI is InChI=1S/C28H31FIN2O6/c1-28(2,3)38-27(33)32-14-15-35-22(17-32)18-36-25-6-5-13-31-26(25)37-21-11-12-24(23(29)16-21)30-19-7-9-20(34-4)10-8-19/h5-13,16,22H,14-15,17-18H2,1-4H3/q+1/t22-/m0/s1. The summed E-state index contributed by atoms with van der Waals surface area (Å²) in [6, 6.07) is 15.9. The molecule has 1 amide bonds. The molecule has 0 spiro atoms. The number of rotatable bonds is 8. The van der Waals surface area contributed by atoms with Crippen LogP contribution in [-0.4, -0.2) is 61.1 Å². The summed E-state index contributed by atoms with van der Waals surface area (Å²) >= 11 is -0.699. The average Bonchev–Trinajstić information content (AvgIpc) is 2.89. The molecule has 0 radical (unpaired) electrons. The summed E-state index contributed by atoms with van der Waals surface area (Å²) in [5.41, 5.74) is -0.571. The number of carbonyl (C=O) groups is 1. The summed E-state index contributed by atoms with van der Waals surface area (Å²) in [6.07, 6.45) is 0.850. The van der Waals surface area contributed by atoms with Crippen LogP contribution in [0.5, 0.6) is 23.1 Å². The number of halogens is 2. The molecule has 1 aliphatic rings. The van der Waals surface area contributed by atoms with Crippen LogP contribution in [0.25, 0.3) is 0 Å². The summed E-state index contributed by atoms with van der Waals surface area (Å²) in [5, 5.41) is 0. The predicted molar refractivity (Wildman–Crippen MR) is 134 cm³/mol. The van der Waals surface area contributed by atoms with Gasteiger partial charge < -0.3 is 28.6 Å². The average molecular weight is 637 g/mol. The van der Waals surface area contributed by atoms with E-state index in [4.69, 9.17) is 23.7 Å². The van der Waals surface area contributed by atoms with Crippen molar-refractivity contribution in [3.8, 4) is 23.1 Å². The summed E-state index contributed by atoms with van der Waals surface area (Å²) in [7, 11) is 1.62. The molecule has 1 fully saturated rings. The minimum atomic E-state index is -0.699. The molecule has 1 atom stereocenters. The topological polar surface area (TPSA) is 79.4 Å². The molecule has 0 bridgehead atoms. The number of methoxy groups -OCH3 is 1. The fourth-order valence-electron chi connectivity index (χ4n) is 3.54. The molecule has 1 aliphatic heterocycles. The largest absolute Gasteiger partial charge is 0.497 e. The van der Waals surface area contributed by atoms with Crippen LogP contribution < -0.4 is 35.4 Å². The molecule has 4 rings (SSSR count). The first kappa shape index (κ1) is 27.9. The van der Waals surface area contributed by atoms with Crippen molar-refractivity contribution in [1.82, 2.24) is 9.88 Å². The van der Waals surface area contributed by atoms with E-state index in [-0.39, 0.29) is 30.5 Å². The number of hydrogen-bond acceptors (Lipinski definition) is 7. The number of pyridine rings is 1. The van der Waals surface area contributed by atoms with Crippen LogP contribution in [-0.2, 0) is 9.47 Å². The van der Waals surface area contributed by atoms with Gasteiger partial charge in [0, 0.05) is 18.8 Å². The third-order valence-corrected chi connectivity index (χ3v) is 8.12. The quantitative estimate of drug-likeness (QED) is 0.351. The Morgan fingerprint density at radius 2 is 1.92 bits per heavy atom. The Morgan fingerprint density at radius 1 is 1.16 bits per heavy atom. The highest BCUT2D eigenvalue weighted by molar-refractivity contribution is 5.68. The van der Waals surface area contributed by atoms with Gasteiger partial charge in [0.15, 0.2) is 15.1 Å². The maximum atomic E-state index is 14.9. The second-order valence-electron chi connectivity index (χ2n) is 9.47. The third kappa shape index (κ3) is 7.94. The predicted octanol–water partition coefficient (Wildman–Crippen LogP) is 2.16. The van der Waals surface area contributed by atoms with E-state index in [1.54, 1.807) is 42.5 Å². The van der Waals surface area contributed by atoms with Gasteiger partial charge in [-0.2, -0.15) is 0 Å². The fraction of sp³-hybridized carbons (Fsp3) is 0.357. The summed E-state index contributed by atoms with van der Waals surface area (Å²) in [6.45, 7) is 6.85. The van der Waals surface area contributed by atoms with Crippen molar-refractivity contribution in [2.45, 2.75) is 32.5 Å². The van der Waals surface area contributed by atoms with Gasteiger partial charge in [0.05, 0.1) is 20.3 Å². The Kier molecular flexibility index (Phi) is 9.26.